The van der Waals surface area contributed by atoms with Gasteiger partial charge in [0.1, 0.15) is 5.75 Å². The van der Waals surface area contributed by atoms with E-state index in [0.717, 1.165) is 12.0 Å². The van der Waals surface area contributed by atoms with Crippen LogP contribution >= 0.6 is 0 Å². The number of rotatable bonds is 5. The predicted octanol–water partition coefficient (Wildman–Crippen LogP) is 2.40. The summed E-state index contributed by atoms with van der Waals surface area (Å²) in [6.45, 7) is 2.39. The Morgan fingerprint density at radius 2 is 1.66 bits per heavy atom. The molecule has 0 saturated carbocycles. The van der Waals surface area contributed by atoms with Crippen molar-refractivity contribution in [2.24, 2.45) is 0 Å². The largest absolute Gasteiger partial charge is 0.497 e. The SMILES string of the molecule is COc1ccc(S(=O)(=O)N2CCN(C(=O)/C=C/c3ccc4c(c3)OCCCO4)CC2)cc1. The number of ether oxygens (including phenoxy) is 3. The lowest BCUT2D eigenvalue weighted by molar-refractivity contribution is -0.127. The maximum atomic E-state index is 12.9. The zero-order valence-electron chi connectivity index (χ0n) is 17.9. The summed E-state index contributed by atoms with van der Waals surface area (Å²) in [7, 11) is -2.08. The topological polar surface area (TPSA) is 85.4 Å². The minimum absolute atomic E-state index is 0.154. The molecule has 2 aromatic carbocycles. The zero-order valence-corrected chi connectivity index (χ0v) is 18.7. The number of hydrogen-bond acceptors (Lipinski definition) is 6. The summed E-state index contributed by atoms with van der Waals surface area (Å²) in [4.78, 5) is 14.5. The minimum Gasteiger partial charge on any atom is -0.497 e. The lowest BCUT2D eigenvalue weighted by atomic mass is 10.2. The zero-order chi connectivity index (χ0) is 22.6. The second kappa shape index (κ2) is 9.62. The van der Waals surface area contributed by atoms with Crippen molar-refractivity contribution in [1.29, 1.82) is 0 Å². The average Bonchev–Trinajstić information content (AvgIpc) is 3.07. The van der Waals surface area contributed by atoms with Gasteiger partial charge in [0.25, 0.3) is 0 Å². The summed E-state index contributed by atoms with van der Waals surface area (Å²) < 4.78 is 43.5. The van der Waals surface area contributed by atoms with Crippen molar-refractivity contribution in [3.63, 3.8) is 0 Å². The molecule has 9 heteroatoms. The van der Waals surface area contributed by atoms with Gasteiger partial charge in [0.15, 0.2) is 11.5 Å². The summed E-state index contributed by atoms with van der Waals surface area (Å²) in [6.07, 6.45) is 4.07. The summed E-state index contributed by atoms with van der Waals surface area (Å²) in [5.41, 5.74) is 0.836. The van der Waals surface area contributed by atoms with Gasteiger partial charge < -0.3 is 19.1 Å². The number of nitrogens with zero attached hydrogens (tertiary/aromatic N) is 2. The fraction of sp³-hybridized carbons (Fsp3) is 0.348. The highest BCUT2D eigenvalue weighted by Gasteiger charge is 2.29. The van der Waals surface area contributed by atoms with Crippen LogP contribution in [0, 0.1) is 0 Å². The Bertz CT molecular complexity index is 1090. The van der Waals surface area contributed by atoms with E-state index in [-0.39, 0.29) is 23.9 Å². The molecule has 0 unspecified atom stereocenters. The van der Waals surface area contributed by atoms with E-state index in [4.69, 9.17) is 14.2 Å². The number of hydrogen-bond donors (Lipinski definition) is 0. The molecule has 0 N–H and O–H groups in total. The monoisotopic (exact) mass is 458 g/mol. The number of methoxy groups -OCH3 is 1. The van der Waals surface area contributed by atoms with Crippen LogP contribution in [-0.4, -0.2) is 70.0 Å². The van der Waals surface area contributed by atoms with E-state index in [2.05, 4.69) is 0 Å². The van der Waals surface area contributed by atoms with Crippen molar-refractivity contribution >= 4 is 22.0 Å². The van der Waals surface area contributed by atoms with Crippen LogP contribution in [0.3, 0.4) is 0 Å². The summed E-state index contributed by atoms with van der Waals surface area (Å²) in [5, 5.41) is 0. The lowest BCUT2D eigenvalue weighted by Crippen LogP contribution is -2.50. The van der Waals surface area contributed by atoms with Crippen molar-refractivity contribution < 1.29 is 27.4 Å². The third-order valence-electron chi connectivity index (χ3n) is 5.44. The van der Waals surface area contributed by atoms with Crippen molar-refractivity contribution in [2.75, 3.05) is 46.5 Å². The smallest absolute Gasteiger partial charge is 0.246 e. The van der Waals surface area contributed by atoms with Gasteiger partial charge in [-0.2, -0.15) is 4.31 Å². The Hall–Kier alpha value is -3.04. The van der Waals surface area contributed by atoms with E-state index in [1.54, 1.807) is 23.1 Å². The van der Waals surface area contributed by atoms with Crippen LogP contribution in [0.5, 0.6) is 17.2 Å². The van der Waals surface area contributed by atoms with E-state index in [0.29, 0.717) is 43.6 Å². The van der Waals surface area contributed by atoms with Crippen LogP contribution in [0.4, 0.5) is 0 Å². The number of carbonyl (C=O) groups is 1. The standard InChI is InChI=1S/C23H26N2O6S/c1-29-19-5-7-20(8-6-19)32(27,28)25-13-11-24(12-14-25)23(26)10-4-18-3-9-21-22(17-18)31-16-2-15-30-21/h3-10,17H,2,11-16H2,1H3/b10-4+. The van der Waals surface area contributed by atoms with E-state index in [1.165, 1.54) is 29.6 Å². The third-order valence-corrected chi connectivity index (χ3v) is 7.35. The molecule has 8 nitrogen and oxygen atoms in total. The average molecular weight is 459 g/mol. The normalized spacial score (nSPS) is 17.2. The molecule has 0 spiro atoms. The molecule has 170 valence electrons. The Labute approximate surface area is 188 Å². The highest BCUT2D eigenvalue weighted by atomic mass is 32.2. The predicted molar refractivity (Wildman–Crippen MR) is 119 cm³/mol. The fourth-order valence-electron chi connectivity index (χ4n) is 3.60. The van der Waals surface area contributed by atoms with E-state index >= 15 is 0 Å². The highest BCUT2D eigenvalue weighted by Crippen LogP contribution is 2.30. The Kier molecular flexibility index (Phi) is 6.66. The molecule has 4 rings (SSSR count). The van der Waals surface area contributed by atoms with Crippen molar-refractivity contribution in [3.05, 3.63) is 54.1 Å². The maximum absolute atomic E-state index is 12.9. The molecular formula is C23H26N2O6S. The van der Waals surface area contributed by atoms with Crippen LogP contribution in [0.2, 0.25) is 0 Å². The van der Waals surface area contributed by atoms with Gasteiger partial charge in [-0.25, -0.2) is 8.42 Å². The summed E-state index contributed by atoms with van der Waals surface area (Å²) >= 11 is 0. The molecule has 0 radical (unpaired) electrons. The van der Waals surface area contributed by atoms with Gasteiger partial charge in [-0.15, -0.1) is 0 Å². The molecule has 1 amide bonds. The quantitative estimate of drug-likeness (QED) is 0.640. The molecule has 0 aromatic heterocycles. The third kappa shape index (κ3) is 4.89. The summed E-state index contributed by atoms with van der Waals surface area (Å²) in [6, 6.07) is 11.9. The van der Waals surface area contributed by atoms with E-state index in [1.807, 2.05) is 18.2 Å². The van der Waals surface area contributed by atoms with Crippen LogP contribution in [-0.2, 0) is 14.8 Å². The molecule has 2 aromatic rings. The second-order valence-electron chi connectivity index (χ2n) is 7.49. The fourth-order valence-corrected chi connectivity index (χ4v) is 5.02. The number of carbonyl (C=O) groups excluding carboxylic acids is 1. The first-order chi connectivity index (χ1) is 15.5. The number of fused-ring (bicyclic) bond motifs is 1. The minimum atomic E-state index is -3.61. The number of sulfonamides is 1. The maximum Gasteiger partial charge on any atom is 0.246 e. The van der Waals surface area contributed by atoms with Gasteiger partial charge >= 0.3 is 0 Å². The second-order valence-corrected chi connectivity index (χ2v) is 9.43. The van der Waals surface area contributed by atoms with Gasteiger partial charge in [-0.3, -0.25) is 4.79 Å². The summed E-state index contributed by atoms with van der Waals surface area (Å²) in [5.74, 6) is 1.83. The lowest BCUT2D eigenvalue weighted by Gasteiger charge is -2.33. The first-order valence-electron chi connectivity index (χ1n) is 10.5. The van der Waals surface area contributed by atoms with Gasteiger partial charge in [0, 0.05) is 38.7 Å². The molecule has 2 heterocycles. The van der Waals surface area contributed by atoms with Crippen LogP contribution in [0.1, 0.15) is 12.0 Å². The Balaban J connectivity index is 1.35. The van der Waals surface area contributed by atoms with Crippen molar-refractivity contribution in [2.45, 2.75) is 11.3 Å². The number of piperazine rings is 1. The van der Waals surface area contributed by atoms with Crippen LogP contribution in [0.25, 0.3) is 6.08 Å². The van der Waals surface area contributed by atoms with E-state index < -0.39 is 10.0 Å². The van der Waals surface area contributed by atoms with Gasteiger partial charge in [0.05, 0.1) is 25.2 Å². The van der Waals surface area contributed by atoms with Gasteiger partial charge in [-0.05, 0) is 48.0 Å². The molecule has 0 aliphatic carbocycles. The van der Waals surface area contributed by atoms with Crippen molar-refractivity contribution in [1.82, 2.24) is 9.21 Å². The van der Waals surface area contributed by atoms with Crippen LogP contribution < -0.4 is 14.2 Å². The Morgan fingerprint density at radius 1 is 0.969 bits per heavy atom. The molecule has 0 bridgehead atoms. The molecule has 2 aliphatic rings. The molecule has 0 atom stereocenters. The first kappa shape index (κ1) is 22.2. The number of benzene rings is 2. The molecule has 1 saturated heterocycles. The van der Waals surface area contributed by atoms with E-state index in [9.17, 15) is 13.2 Å². The molecular weight excluding hydrogens is 432 g/mol. The molecule has 32 heavy (non-hydrogen) atoms. The highest BCUT2D eigenvalue weighted by molar-refractivity contribution is 7.89. The van der Waals surface area contributed by atoms with Crippen LogP contribution in [0.15, 0.2) is 53.4 Å². The Morgan fingerprint density at radius 3 is 2.34 bits per heavy atom. The molecule has 1 fully saturated rings. The molecule has 2 aliphatic heterocycles. The van der Waals surface area contributed by atoms with Gasteiger partial charge in [-0.1, -0.05) is 6.07 Å². The first-order valence-corrected chi connectivity index (χ1v) is 11.9. The van der Waals surface area contributed by atoms with Crippen molar-refractivity contribution in [3.8, 4) is 17.2 Å². The van der Waals surface area contributed by atoms with Gasteiger partial charge in [0.2, 0.25) is 15.9 Å². The number of amides is 1.